The van der Waals surface area contributed by atoms with Crippen LogP contribution in [0.3, 0.4) is 0 Å². The van der Waals surface area contributed by atoms with E-state index < -0.39 is 5.25 Å². The average molecular weight is 247 g/mol. The summed E-state index contributed by atoms with van der Waals surface area (Å²) in [5.41, 5.74) is 2.02. The molecule has 0 spiro atoms. The molecule has 0 saturated carbocycles. The Kier molecular flexibility index (Phi) is 2.48. The molecule has 0 bridgehead atoms. The summed E-state index contributed by atoms with van der Waals surface area (Å²) in [5.74, 6) is 0.535. The van der Waals surface area contributed by atoms with E-state index in [2.05, 4.69) is 4.99 Å². The van der Waals surface area contributed by atoms with Crippen LogP contribution in [0, 0.1) is 0 Å². The Hall–Kier alpha value is -1.62. The highest BCUT2D eigenvalue weighted by molar-refractivity contribution is 8.16. The van der Waals surface area contributed by atoms with Gasteiger partial charge in [-0.25, -0.2) is 4.99 Å². The van der Waals surface area contributed by atoms with Crippen molar-refractivity contribution in [1.29, 1.82) is 0 Å². The van der Waals surface area contributed by atoms with Gasteiger partial charge in [-0.1, -0.05) is 11.8 Å². The van der Waals surface area contributed by atoms with Crippen LogP contribution < -0.4 is 4.74 Å². The lowest BCUT2D eigenvalue weighted by molar-refractivity contribution is -0.120. The summed E-state index contributed by atoms with van der Waals surface area (Å²) >= 11 is 1.21. The number of ether oxygens (including phenoxy) is 1. The first-order valence-corrected chi connectivity index (χ1v) is 6.16. The maximum Gasteiger partial charge on any atom is 0.267 e. The van der Waals surface area contributed by atoms with Gasteiger partial charge in [0.2, 0.25) is 0 Å². The maximum atomic E-state index is 11.4. The summed E-state index contributed by atoms with van der Waals surface area (Å²) in [5, 5.41) is -0.0451. The van der Waals surface area contributed by atoms with Gasteiger partial charge in [-0.15, -0.1) is 0 Å². The minimum atomic E-state index is -0.672. The molecule has 1 unspecified atom stereocenters. The Bertz CT molecular complexity index is 539. The number of fused-ring (bicyclic) bond motifs is 1. The van der Waals surface area contributed by atoms with Gasteiger partial charge in [-0.2, -0.15) is 0 Å². The number of hydrogen-bond acceptors (Lipinski definition) is 4. The van der Waals surface area contributed by atoms with E-state index in [0.29, 0.717) is 17.9 Å². The summed E-state index contributed by atoms with van der Waals surface area (Å²) in [4.78, 5) is 25.9. The van der Waals surface area contributed by atoms with Gasteiger partial charge < -0.3 is 9.53 Å². The fourth-order valence-electron chi connectivity index (χ4n) is 1.90. The van der Waals surface area contributed by atoms with Gasteiger partial charge in [0.25, 0.3) is 5.91 Å². The van der Waals surface area contributed by atoms with Crippen molar-refractivity contribution in [2.75, 3.05) is 6.61 Å². The monoisotopic (exact) mass is 247 g/mol. The van der Waals surface area contributed by atoms with E-state index in [4.69, 9.17) is 4.74 Å². The molecule has 3 rings (SSSR count). The molecule has 0 fully saturated rings. The Morgan fingerprint density at radius 3 is 3.12 bits per heavy atom. The number of aldehydes is 1. The van der Waals surface area contributed by atoms with Crippen LogP contribution in [0.5, 0.6) is 5.75 Å². The number of carbonyl (C=O) groups excluding carboxylic acids is 2. The molecule has 0 aliphatic carbocycles. The predicted molar refractivity (Wildman–Crippen MR) is 64.6 cm³/mol. The van der Waals surface area contributed by atoms with Gasteiger partial charge in [0, 0.05) is 12.0 Å². The second kappa shape index (κ2) is 4.00. The van der Waals surface area contributed by atoms with Crippen LogP contribution in [0.2, 0.25) is 0 Å². The molecule has 4 nitrogen and oxygen atoms in total. The zero-order chi connectivity index (χ0) is 11.8. The first-order chi connectivity index (χ1) is 8.28. The van der Waals surface area contributed by atoms with E-state index in [1.165, 1.54) is 11.8 Å². The van der Waals surface area contributed by atoms with Crippen LogP contribution in [-0.2, 0) is 16.0 Å². The molecule has 5 heteroatoms. The zero-order valence-corrected chi connectivity index (χ0v) is 9.70. The van der Waals surface area contributed by atoms with Gasteiger partial charge in [0.05, 0.1) is 6.61 Å². The van der Waals surface area contributed by atoms with Crippen molar-refractivity contribution in [3.63, 3.8) is 0 Å². The third-order valence-corrected chi connectivity index (χ3v) is 3.87. The van der Waals surface area contributed by atoms with E-state index in [1.807, 2.05) is 18.2 Å². The highest BCUT2D eigenvalue weighted by Gasteiger charge is 2.29. The fraction of sp³-hybridized carbons (Fsp3) is 0.250. The van der Waals surface area contributed by atoms with Gasteiger partial charge >= 0.3 is 0 Å². The third-order valence-electron chi connectivity index (χ3n) is 2.75. The molecule has 1 amide bonds. The number of thioether (sulfide) groups is 1. The second-order valence-electron chi connectivity index (χ2n) is 3.85. The third kappa shape index (κ3) is 1.76. The lowest BCUT2D eigenvalue weighted by Gasteiger charge is -2.03. The standard InChI is InChI=1S/C12H9NO3S/c14-6-10-11(15)13-12(17-10)8-1-2-9-7(5-8)3-4-16-9/h1-2,5-6,10H,3-4H2. The molecule has 0 saturated heterocycles. The molecule has 17 heavy (non-hydrogen) atoms. The SMILES string of the molecule is O=CC1SC(c2ccc3c(c2)CCO3)=NC1=O. The molecular formula is C12H9NO3S. The number of benzene rings is 1. The van der Waals surface area contributed by atoms with Crippen LogP contribution in [0.25, 0.3) is 0 Å². The molecule has 0 N–H and O–H groups in total. The van der Waals surface area contributed by atoms with Crippen molar-refractivity contribution in [2.45, 2.75) is 11.7 Å². The highest BCUT2D eigenvalue weighted by Crippen LogP contribution is 2.30. The Labute approximate surface area is 102 Å². The van der Waals surface area contributed by atoms with E-state index >= 15 is 0 Å². The molecule has 1 aromatic rings. The van der Waals surface area contributed by atoms with Crippen molar-refractivity contribution in [2.24, 2.45) is 4.99 Å². The number of rotatable bonds is 2. The minimum absolute atomic E-state index is 0.364. The number of aliphatic imine (C=N–C) groups is 1. The lowest BCUT2D eigenvalue weighted by Crippen LogP contribution is -2.10. The van der Waals surface area contributed by atoms with Crippen molar-refractivity contribution in [3.8, 4) is 5.75 Å². The van der Waals surface area contributed by atoms with Crippen molar-refractivity contribution < 1.29 is 14.3 Å². The Morgan fingerprint density at radius 2 is 2.35 bits per heavy atom. The Balaban J connectivity index is 1.93. The van der Waals surface area contributed by atoms with Crippen molar-refractivity contribution in [3.05, 3.63) is 29.3 Å². The molecule has 1 atom stereocenters. The number of carbonyl (C=O) groups is 2. The van der Waals surface area contributed by atoms with Crippen molar-refractivity contribution in [1.82, 2.24) is 0 Å². The van der Waals surface area contributed by atoms with Crippen LogP contribution >= 0.6 is 11.8 Å². The summed E-state index contributed by atoms with van der Waals surface area (Å²) in [6.07, 6.45) is 1.52. The zero-order valence-electron chi connectivity index (χ0n) is 8.88. The molecule has 0 aromatic heterocycles. The van der Waals surface area contributed by atoms with Crippen LogP contribution in [0.15, 0.2) is 23.2 Å². The summed E-state index contributed by atoms with van der Waals surface area (Å²) in [6.45, 7) is 0.703. The van der Waals surface area contributed by atoms with Gasteiger partial charge in [0.15, 0.2) is 0 Å². The van der Waals surface area contributed by atoms with Crippen LogP contribution in [-0.4, -0.2) is 29.1 Å². The molecule has 2 aliphatic rings. The molecule has 1 aromatic carbocycles. The second-order valence-corrected chi connectivity index (χ2v) is 4.98. The summed E-state index contributed by atoms with van der Waals surface area (Å²) < 4.78 is 5.41. The smallest absolute Gasteiger partial charge is 0.267 e. The first-order valence-electron chi connectivity index (χ1n) is 5.28. The molecule has 0 radical (unpaired) electrons. The first kappa shape index (κ1) is 10.5. The van der Waals surface area contributed by atoms with E-state index in [9.17, 15) is 9.59 Å². The van der Waals surface area contributed by atoms with Gasteiger partial charge in [-0.3, -0.25) is 4.79 Å². The average Bonchev–Trinajstić information content (AvgIpc) is 2.93. The largest absolute Gasteiger partial charge is 0.493 e. The summed E-state index contributed by atoms with van der Waals surface area (Å²) in [6, 6.07) is 5.74. The Morgan fingerprint density at radius 1 is 1.47 bits per heavy atom. The quantitative estimate of drug-likeness (QED) is 0.582. The van der Waals surface area contributed by atoms with E-state index in [1.54, 1.807) is 0 Å². The van der Waals surface area contributed by atoms with Crippen molar-refractivity contribution >= 4 is 29.0 Å². The molecule has 2 aliphatic heterocycles. The maximum absolute atomic E-state index is 11.4. The molecule has 86 valence electrons. The predicted octanol–water partition coefficient (Wildman–Crippen LogP) is 1.21. The molecule has 2 heterocycles. The van der Waals surface area contributed by atoms with Crippen LogP contribution in [0.1, 0.15) is 11.1 Å². The van der Waals surface area contributed by atoms with E-state index in [-0.39, 0.29) is 5.91 Å². The number of hydrogen-bond donors (Lipinski definition) is 0. The highest BCUT2D eigenvalue weighted by atomic mass is 32.2. The van der Waals surface area contributed by atoms with E-state index in [0.717, 1.165) is 23.3 Å². The molecular weight excluding hydrogens is 238 g/mol. The fourth-order valence-corrected chi connectivity index (χ4v) is 2.75. The van der Waals surface area contributed by atoms with Gasteiger partial charge in [-0.05, 0) is 23.8 Å². The lowest BCUT2D eigenvalue weighted by atomic mass is 10.1. The minimum Gasteiger partial charge on any atom is -0.493 e. The normalized spacial score (nSPS) is 22.0. The number of amides is 1. The summed E-state index contributed by atoms with van der Waals surface area (Å²) in [7, 11) is 0. The number of nitrogens with zero attached hydrogens (tertiary/aromatic N) is 1. The van der Waals surface area contributed by atoms with Crippen LogP contribution in [0.4, 0.5) is 0 Å². The van der Waals surface area contributed by atoms with Gasteiger partial charge in [0.1, 0.15) is 22.3 Å². The topological polar surface area (TPSA) is 55.7 Å².